The second kappa shape index (κ2) is 10.4. The van der Waals surface area contributed by atoms with Crippen LogP contribution in [0.15, 0.2) is 36.4 Å². The van der Waals surface area contributed by atoms with Crippen LogP contribution in [0.25, 0.3) is 0 Å². The summed E-state index contributed by atoms with van der Waals surface area (Å²) in [4.78, 5) is 12.1. The summed E-state index contributed by atoms with van der Waals surface area (Å²) in [5.41, 5.74) is 2.74. The van der Waals surface area contributed by atoms with Crippen LogP contribution in [0.3, 0.4) is 0 Å². The second-order valence-electron chi connectivity index (χ2n) is 6.09. The molecule has 1 amide bonds. The van der Waals surface area contributed by atoms with Gasteiger partial charge in [-0.15, -0.1) is 0 Å². The third-order valence-corrected chi connectivity index (χ3v) is 4.11. The Morgan fingerprint density at radius 2 is 1.59 bits per heavy atom. The molecule has 6 heteroatoms. The van der Waals surface area contributed by atoms with Crippen LogP contribution in [0, 0.1) is 0 Å². The molecule has 0 atom stereocenters. The van der Waals surface area contributed by atoms with Gasteiger partial charge in [0.2, 0.25) is 5.75 Å². The van der Waals surface area contributed by atoms with Gasteiger partial charge in [-0.25, -0.2) is 0 Å². The molecular formula is C21H28N2O4. The quantitative estimate of drug-likeness (QED) is 0.671. The molecule has 2 N–H and O–H groups in total. The number of ether oxygens (including phenoxy) is 3. The molecule has 0 aliphatic heterocycles. The standard InChI is InChI=1S/C21H28N2O4/c1-5-9-23-21(24)17-8-6-7-15(10-17)13-22-14-16-11-18(25-2)20(27-4)19(12-16)26-3/h6-8,10-12,22H,5,9,13-14H2,1-4H3,(H,23,24). The number of hydrogen-bond acceptors (Lipinski definition) is 5. The summed E-state index contributed by atoms with van der Waals surface area (Å²) in [6, 6.07) is 11.5. The van der Waals surface area contributed by atoms with Gasteiger partial charge in [0.1, 0.15) is 0 Å². The van der Waals surface area contributed by atoms with E-state index in [4.69, 9.17) is 14.2 Å². The zero-order valence-electron chi connectivity index (χ0n) is 16.4. The Hall–Kier alpha value is -2.73. The molecule has 2 aromatic carbocycles. The molecule has 0 saturated carbocycles. The molecule has 27 heavy (non-hydrogen) atoms. The summed E-state index contributed by atoms with van der Waals surface area (Å²) in [7, 11) is 4.79. The lowest BCUT2D eigenvalue weighted by Crippen LogP contribution is -2.24. The van der Waals surface area contributed by atoms with E-state index in [1.807, 2.05) is 43.3 Å². The van der Waals surface area contributed by atoms with E-state index in [1.54, 1.807) is 21.3 Å². The maximum atomic E-state index is 12.1. The Balaban J connectivity index is 2.01. The molecule has 0 aliphatic carbocycles. The highest BCUT2D eigenvalue weighted by Crippen LogP contribution is 2.38. The van der Waals surface area contributed by atoms with E-state index in [9.17, 15) is 4.79 Å². The number of benzene rings is 2. The fourth-order valence-electron chi connectivity index (χ4n) is 2.75. The molecule has 0 heterocycles. The van der Waals surface area contributed by atoms with Crippen LogP contribution in [-0.2, 0) is 13.1 Å². The van der Waals surface area contributed by atoms with Crippen molar-refractivity contribution < 1.29 is 19.0 Å². The molecule has 0 aliphatic rings. The normalized spacial score (nSPS) is 10.4. The Morgan fingerprint density at radius 1 is 0.926 bits per heavy atom. The van der Waals surface area contributed by atoms with Gasteiger partial charge in [-0.05, 0) is 41.8 Å². The van der Waals surface area contributed by atoms with Crippen molar-refractivity contribution in [3.63, 3.8) is 0 Å². The Labute approximate surface area is 160 Å². The van der Waals surface area contributed by atoms with E-state index in [0.717, 1.165) is 17.5 Å². The smallest absolute Gasteiger partial charge is 0.251 e. The first-order valence-corrected chi connectivity index (χ1v) is 8.99. The molecule has 0 radical (unpaired) electrons. The predicted molar refractivity (Wildman–Crippen MR) is 106 cm³/mol. The van der Waals surface area contributed by atoms with E-state index < -0.39 is 0 Å². The van der Waals surface area contributed by atoms with Gasteiger partial charge < -0.3 is 24.8 Å². The van der Waals surface area contributed by atoms with Crippen molar-refractivity contribution in [1.29, 1.82) is 0 Å². The van der Waals surface area contributed by atoms with E-state index in [0.29, 0.717) is 42.4 Å². The van der Waals surface area contributed by atoms with Crippen molar-refractivity contribution in [2.75, 3.05) is 27.9 Å². The molecule has 0 bridgehead atoms. The first kappa shape index (κ1) is 20.6. The summed E-state index contributed by atoms with van der Waals surface area (Å²) in [5.74, 6) is 1.80. The lowest BCUT2D eigenvalue weighted by molar-refractivity contribution is 0.0953. The van der Waals surface area contributed by atoms with Crippen LogP contribution in [0.1, 0.15) is 34.8 Å². The fourth-order valence-corrected chi connectivity index (χ4v) is 2.75. The summed E-state index contributed by atoms with van der Waals surface area (Å²) in [5, 5.41) is 6.28. The van der Waals surface area contributed by atoms with Crippen molar-refractivity contribution >= 4 is 5.91 Å². The lowest BCUT2D eigenvalue weighted by atomic mass is 10.1. The Bertz CT molecular complexity index is 737. The summed E-state index contributed by atoms with van der Waals surface area (Å²) < 4.78 is 16.1. The van der Waals surface area contributed by atoms with Gasteiger partial charge in [0.15, 0.2) is 11.5 Å². The van der Waals surface area contributed by atoms with Crippen LogP contribution in [-0.4, -0.2) is 33.8 Å². The minimum atomic E-state index is -0.0386. The fraction of sp³-hybridized carbons (Fsp3) is 0.381. The molecular weight excluding hydrogens is 344 g/mol. The van der Waals surface area contributed by atoms with E-state index >= 15 is 0 Å². The Morgan fingerprint density at radius 3 is 2.19 bits per heavy atom. The van der Waals surface area contributed by atoms with Crippen molar-refractivity contribution in [2.24, 2.45) is 0 Å². The van der Waals surface area contributed by atoms with Crippen LogP contribution in [0.5, 0.6) is 17.2 Å². The summed E-state index contributed by atoms with van der Waals surface area (Å²) in [6.07, 6.45) is 0.918. The molecule has 146 valence electrons. The van der Waals surface area contributed by atoms with Crippen LogP contribution >= 0.6 is 0 Å². The number of nitrogens with one attached hydrogen (secondary N) is 2. The molecule has 2 aromatic rings. The van der Waals surface area contributed by atoms with Crippen molar-refractivity contribution in [2.45, 2.75) is 26.4 Å². The number of rotatable bonds is 10. The maximum Gasteiger partial charge on any atom is 0.251 e. The van der Waals surface area contributed by atoms with Crippen LogP contribution in [0.4, 0.5) is 0 Å². The molecule has 0 unspecified atom stereocenters. The van der Waals surface area contributed by atoms with Gasteiger partial charge in [-0.2, -0.15) is 0 Å². The highest BCUT2D eigenvalue weighted by molar-refractivity contribution is 5.94. The average Bonchev–Trinajstić information content (AvgIpc) is 2.71. The van der Waals surface area contributed by atoms with Gasteiger partial charge in [0, 0.05) is 25.2 Å². The molecule has 0 fully saturated rings. The largest absolute Gasteiger partial charge is 0.493 e. The van der Waals surface area contributed by atoms with Gasteiger partial charge in [-0.1, -0.05) is 19.1 Å². The lowest BCUT2D eigenvalue weighted by Gasteiger charge is -2.14. The van der Waals surface area contributed by atoms with E-state index in [2.05, 4.69) is 10.6 Å². The first-order valence-electron chi connectivity index (χ1n) is 8.99. The zero-order valence-corrected chi connectivity index (χ0v) is 16.4. The first-order chi connectivity index (χ1) is 13.1. The molecule has 0 spiro atoms. The van der Waals surface area contributed by atoms with Crippen LogP contribution in [0.2, 0.25) is 0 Å². The minimum Gasteiger partial charge on any atom is -0.493 e. The van der Waals surface area contributed by atoms with Gasteiger partial charge in [0.05, 0.1) is 21.3 Å². The third-order valence-electron chi connectivity index (χ3n) is 4.11. The molecule has 0 saturated heterocycles. The number of hydrogen-bond donors (Lipinski definition) is 2. The van der Waals surface area contributed by atoms with Crippen LogP contribution < -0.4 is 24.8 Å². The molecule has 6 nitrogen and oxygen atoms in total. The number of carbonyl (C=O) groups excluding carboxylic acids is 1. The Kier molecular flexibility index (Phi) is 7.95. The van der Waals surface area contributed by atoms with E-state index in [-0.39, 0.29) is 5.91 Å². The SMILES string of the molecule is CCCNC(=O)c1cccc(CNCc2cc(OC)c(OC)c(OC)c2)c1. The average molecular weight is 372 g/mol. The summed E-state index contributed by atoms with van der Waals surface area (Å²) >= 11 is 0. The minimum absolute atomic E-state index is 0.0386. The van der Waals surface area contributed by atoms with Gasteiger partial charge in [0.25, 0.3) is 5.91 Å². The monoisotopic (exact) mass is 372 g/mol. The summed E-state index contributed by atoms with van der Waals surface area (Å²) in [6.45, 7) is 3.99. The van der Waals surface area contributed by atoms with Gasteiger partial charge >= 0.3 is 0 Å². The van der Waals surface area contributed by atoms with Crippen molar-refractivity contribution in [1.82, 2.24) is 10.6 Å². The third kappa shape index (κ3) is 5.62. The predicted octanol–water partition coefficient (Wildman–Crippen LogP) is 3.14. The maximum absolute atomic E-state index is 12.1. The second-order valence-corrected chi connectivity index (χ2v) is 6.09. The highest BCUT2D eigenvalue weighted by Gasteiger charge is 2.13. The topological polar surface area (TPSA) is 68.8 Å². The number of methoxy groups -OCH3 is 3. The zero-order chi connectivity index (χ0) is 19.6. The highest BCUT2D eigenvalue weighted by atomic mass is 16.5. The number of amides is 1. The molecule has 0 aromatic heterocycles. The number of carbonyl (C=O) groups is 1. The van der Waals surface area contributed by atoms with E-state index in [1.165, 1.54) is 0 Å². The molecule has 2 rings (SSSR count). The van der Waals surface area contributed by atoms with Crippen molar-refractivity contribution in [3.05, 3.63) is 53.1 Å². The van der Waals surface area contributed by atoms with Crippen molar-refractivity contribution in [3.8, 4) is 17.2 Å². The van der Waals surface area contributed by atoms with Gasteiger partial charge in [-0.3, -0.25) is 4.79 Å².